The van der Waals surface area contributed by atoms with E-state index in [1.807, 2.05) is 13.0 Å². The van der Waals surface area contributed by atoms with Crippen molar-refractivity contribution in [2.24, 2.45) is 5.41 Å². The van der Waals surface area contributed by atoms with Crippen LogP contribution >= 0.6 is 0 Å². The normalized spacial score (nSPS) is 28.4. The predicted octanol–water partition coefficient (Wildman–Crippen LogP) is 4.07. The first-order valence-electron chi connectivity index (χ1n) is 9.04. The molecule has 0 radical (unpaired) electrons. The summed E-state index contributed by atoms with van der Waals surface area (Å²) in [6.07, 6.45) is 4.28. The van der Waals surface area contributed by atoms with Crippen molar-refractivity contribution in [1.29, 1.82) is 0 Å². The van der Waals surface area contributed by atoms with E-state index in [0.29, 0.717) is 12.8 Å². The van der Waals surface area contributed by atoms with Crippen LogP contribution in [-0.2, 0) is 18.7 Å². The molecule has 1 N–H and O–H groups in total. The zero-order chi connectivity index (χ0) is 19.9. The Morgan fingerprint density at radius 3 is 2.58 bits per heavy atom. The molecule has 1 heterocycles. The van der Waals surface area contributed by atoms with Crippen LogP contribution in [0, 0.1) is 5.41 Å². The Morgan fingerprint density at radius 1 is 1.42 bits per heavy atom. The maximum Gasteiger partial charge on any atom is 0.346 e. The Labute approximate surface area is 157 Å². The molecule has 2 rings (SSSR count). The van der Waals surface area contributed by atoms with Gasteiger partial charge in [0.2, 0.25) is 0 Å². The van der Waals surface area contributed by atoms with E-state index in [1.54, 1.807) is 0 Å². The van der Waals surface area contributed by atoms with Gasteiger partial charge in [0.15, 0.2) is 19.8 Å². The van der Waals surface area contributed by atoms with Gasteiger partial charge in [-0.3, -0.25) is 0 Å². The van der Waals surface area contributed by atoms with Crippen LogP contribution in [0.15, 0.2) is 35.8 Å². The minimum atomic E-state index is -1.94. The summed E-state index contributed by atoms with van der Waals surface area (Å²) in [5.74, 6) is -0.201. The highest BCUT2D eigenvalue weighted by Crippen LogP contribution is 2.45. The van der Waals surface area contributed by atoms with Crippen LogP contribution in [0.3, 0.4) is 0 Å². The molecule has 146 valence electrons. The highest BCUT2D eigenvalue weighted by Gasteiger charge is 2.47. The van der Waals surface area contributed by atoms with Gasteiger partial charge >= 0.3 is 5.97 Å². The van der Waals surface area contributed by atoms with Crippen molar-refractivity contribution >= 4 is 14.3 Å². The number of carbonyl (C=O) groups is 1. The molecular formula is C20H32O5Si. The number of carbonyl (C=O) groups excluding carboxylic acids is 1. The number of esters is 1. The average molecular weight is 381 g/mol. The predicted molar refractivity (Wildman–Crippen MR) is 104 cm³/mol. The number of ether oxygens (including phenoxy) is 2. The molecule has 1 aliphatic heterocycles. The Hall–Kier alpha value is -1.37. The molecule has 26 heavy (non-hydrogen) atoms. The van der Waals surface area contributed by atoms with Crippen molar-refractivity contribution in [2.45, 2.75) is 70.9 Å². The van der Waals surface area contributed by atoms with E-state index in [1.165, 1.54) is 7.11 Å². The quantitative estimate of drug-likeness (QED) is 0.442. The summed E-state index contributed by atoms with van der Waals surface area (Å²) in [4.78, 5) is 12.2. The van der Waals surface area contributed by atoms with Crippen molar-refractivity contribution in [3.8, 4) is 0 Å². The van der Waals surface area contributed by atoms with Crippen LogP contribution in [0.25, 0.3) is 0 Å². The number of hydrogen-bond donors (Lipinski definition) is 1. The molecule has 0 saturated carbocycles. The van der Waals surface area contributed by atoms with E-state index in [2.05, 4.69) is 46.5 Å². The van der Waals surface area contributed by atoms with Gasteiger partial charge in [0, 0.05) is 5.41 Å². The minimum absolute atomic E-state index is 0.0866. The third-order valence-electron chi connectivity index (χ3n) is 5.93. The zero-order valence-corrected chi connectivity index (χ0v) is 18.0. The highest BCUT2D eigenvalue weighted by molar-refractivity contribution is 6.74. The summed E-state index contributed by atoms with van der Waals surface area (Å²) in [5, 5.41) is 11.1. The molecule has 0 bridgehead atoms. The van der Waals surface area contributed by atoms with Crippen molar-refractivity contribution in [3.63, 3.8) is 0 Å². The molecule has 0 spiro atoms. The molecular weight excluding hydrogens is 348 g/mol. The topological polar surface area (TPSA) is 65.0 Å². The second-order valence-corrected chi connectivity index (χ2v) is 13.8. The van der Waals surface area contributed by atoms with Crippen LogP contribution in [-0.4, -0.2) is 38.7 Å². The van der Waals surface area contributed by atoms with Gasteiger partial charge in [0.05, 0.1) is 19.3 Å². The number of allylic oxidation sites excluding steroid dienone is 1. The van der Waals surface area contributed by atoms with Gasteiger partial charge in [-0.1, -0.05) is 46.4 Å². The third-order valence-corrected chi connectivity index (χ3v) is 10.4. The highest BCUT2D eigenvalue weighted by atomic mass is 28.4. The fourth-order valence-electron chi connectivity index (χ4n) is 3.22. The van der Waals surface area contributed by atoms with Crippen LogP contribution in [0.1, 0.15) is 40.5 Å². The first-order valence-corrected chi connectivity index (χ1v) is 12.0. The summed E-state index contributed by atoms with van der Waals surface area (Å²) in [6, 6.07) is 0. The fraction of sp³-hybridized carbons (Fsp3) is 0.650. The monoisotopic (exact) mass is 380 g/mol. The Bertz CT molecular complexity index is 656. The van der Waals surface area contributed by atoms with Crippen LogP contribution in [0.4, 0.5) is 0 Å². The van der Waals surface area contributed by atoms with Crippen LogP contribution in [0.5, 0.6) is 0 Å². The molecule has 0 aromatic heterocycles. The number of rotatable bonds is 5. The van der Waals surface area contributed by atoms with E-state index >= 15 is 0 Å². The van der Waals surface area contributed by atoms with Crippen molar-refractivity contribution in [3.05, 3.63) is 35.8 Å². The SMILES string of the molecule is C=C1OC(=O)C(C(O)[C@@]2(C)CC=C[C@@H](O[Si](C)(C)C(C)(C)C)C2)=C1OC. The Balaban J connectivity index is 2.25. The van der Waals surface area contributed by atoms with Gasteiger partial charge in [-0.05, 0) is 31.0 Å². The van der Waals surface area contributed by atoms with Gasteiger partial charge in [-0.25, -0.2) is 4.79 Å². The van der Waals surface area contributed by atoms with E-state index in [9.17, 15) is 9.90 Å². The number of aliphatic hydroxyl groups excluding tert-OH is 1. The fourth-order valence-corrected chi connectivity index (χ4v) is 4.50. The molecule has 6 heteroatoms. The first-order chi connectivity index (χ1) is 11.8. The summed E-state index contributed by atoms with van der Waals surface area (Å²) in [6.45, 7) is 16.7. The first kappa shape index (κ1) is 20.9. The molecule has 0 aromatic carbocycles. The lowest BCUT2D eigenvalue weighted by molar-refractivity contribution is -0.135. The molecule has 2 aliphatic rings. The van der Waals surface area contributed by atoms with Gasteiger partial charge in [-0.15, -0.1) is 0 Å². The van der Waals surface area contributed by atoms with E-state index in [-0.39, 0.29) is 28.2 Å². The number of methoxy groups -OCH3 is 1. The van der Waals surface area contributed by atoms with E-state index in [0.717, 1.165) is 0 Å². The van der Waals surface area contributed by atoms with E-state index < -0.39 is 25.8 Å². The largest absolute Gasteiger partial charge is 0.492 e. The summed E-state index contributed by atoms with van der Waals surface area (Å²) >= 11 is 0. The molecule has 3 atom stereocenters. The third kappa shape index (κ3) is 3.82. The molecule has 0 saturated heterocycles. The van der Waals surface area contributed by atoms with E-state index in [4.69, 9.17) is 13.9 Å². The maximum atomic E-state index is 12.2. The second-order valence-electron chi connectivity index (χ2n) is 9.07. The van der Waals surface area contributed by atoms with Gasteiger partial charge in [-0.2, -0.15) is 0 Å². The van der Waals surface area contributed by atoms with Crippen molar-refractivity contribution < 1.29 is 23.8 Å². The summed E-state index contributed by atoms with van der Waals surface area (Å²) in [5.41, 5.74) is -0.397. The summed E-state index contributed by atoms with van der Waals surface area (Å²) in [7, 11) is -0.495. The van der Waals surface area contributed by atoms with Gasteiger partial charge in [0.25, 0.3) is 0 Å². The molecule has 0 aromatic rings. The van der Waals surface area contributed by atoms with Crippen molar-refractivity contribution in [2.75, 3.05) is 7.11 Å². The van der Waals surface area contributed by atoms with Crippen LogP contribution < -0.4 is 0 Å². The summed E-state index contributed by atoms with van der Waals surface area (Å²) < 4.78 is 16.8. The lowest BCUT2D eigenvalue weighted by Gasteiger charge is -2.43. The lowest BCUT2D eigenvalue weighted by Crippen LogP contribution is -2.47. The number of aliphatic hydroxyl groups is 1. The van der Waals surface area contributed by atoms with Gasteiger partial charge < -0.3 is 19.0 Å². The minimum Gasteiger partial charge on any atom is -0.492 e. The molecule has 5 nitrogen and oxygen atoms in total. The van der Waals surface area contributed by atoms with Crippen molar-refractivity contribution in [1.82, 2.24) is 0 Å². The lowest BCUT2D eigenvalue weighted by atomic mass is 9.71. The molecule has 0 amide bonds. The van der Waals surface area contributed by atoms with Crippen LogP contribution in [0.2, 0.25) is 18.1 Å². The Morgan fingerprint density at radius 2 is 2.04 bits per heavy atom. The smallest absolute Gasteiger partial charge is 0.346 e. The number of hydrogen-bond acceptors (Lipinski definition) is 5. The average Bonchev–Trinajstić information content (AvgIpc) is 2.78. The molecule has 1 aliphatic carbocycles. The number of cyclic esters (lactones) is 1. The standard InChI is InChI=1S/C20H32O5Si/c1-13-16(23-6)15(18(22)24-13)17(21)20(5)11-9-10-14(12-20)25-26(7,8)19(2,3)4/h9-10,14,17,21H,1,11-12H2,2-8H3/t14-,17?,20+/m1/s1. The Kier molecular flexibility index (Phi) is 5.62. The molecule has 1 unspecified atom stereocenters. The second kappa shape index (κ2) is 6.98. The zero-order valence-electron chi connectivity index (χ0n) is 17.0. The maximum absolute atomic E-state index is 12.2. The van der Waals surface area contributed by atoms with Gasteiger partial charge in [0.1, 0.15) is 5.57 Å². The molecule has 0 fully saturated rings.